The van der Waals surface area contributed by atoms with Crippen LogP contribution in [0.15, 0.2) is 0 Å². The third-order valence-corrected chi connectivity index (χ3v) is 1.93. The molecule has 0 bridgehead atoms. The molecule has 1 rings (SSSR count). The van der Waals surface area contributed by atoms with Gasteiger partial charge in [-0.2, -0.15) is 0 Å². The molecule has 0 amide bonds. The summed E-state index contributed by atoms with van der Waals surface area (Å²) in [6.45, 7) is 1.15. The van der Waals surface area contributed by atoms with Crippen LogP contribution in [0.25, 0.3) is 0 Å². The Labute approximate surface area is 64.6 Å². The lowest BCUT2D eigenvalue weighted by molar-refractivity contribution is 0.0678. The Morgan fingerprint density at radius 3 is 2.73 bits per heavy atom. The van der Waals surface area contributed by atoms with Crippen molar-refractivity contribution in [2.75, 3.05) is 13.1 Å². The summed E-state index contributed by atoms with van der Waals surface area (Å²) >= 11 is 0. The molecule has 2 N–H and O–H groups in total. The number of rotatable bonds is 2. The van der Waals surface area contributed by atoms with Crippen LogP contribution in [0.2, 0.25) is 0 Å². The van der Waals surface area contributed by atoms with Crippen molar-refractivity contribution in [3.63, 3.8) is 0 Å². The zero-order valence-electron chi connectivity index (χ0n) is 6.26. The van der Waals surface area contributed by atoms with Crippen molar-refractivity contribution >= 4 is 0 Å². The lowest BCUT2D eigenvalue weighted by atomic mass is 9.95. The first-order valence-corrected chi connectivity index (χ1v) is 3.85. The van der Waals surface area contributed by atoms with Gasteiger partial charge in [0.2, 0.25) is 6.43 Å². The van der Waals surface area contributed by atoms with Gasteiger partial charge in [-0.05, 0) is 18.9 Å². The summed E-state index contributed by atoms with van der Waals surface area (Å²) in [4.78, 5) is 0. The van der Waals surface area contributed by atoms with E-state index in [4.69, 9.17) is 5.11 Å². The fourth-order valence-corrected chi connectivity index (χ4v) is 1.44. The molecular weight excluding hydrogens is 152 g/mol. The average Bonchev–Trinajstić information content (AvgIpc) is 1.85. The van der Waals surface area contributed by atoms with E-state index >= 15 is 0 Å². The molecule has 4 heteroatoms. The van der Waals surface area contributed by atoms with Crippen LogP contribution in [-0.2, 0) is 0 Å². The van der Waals surface area contributed by atoms with Gasteiger partial charge in [0.1, 0.15) is 0 Å². The third-order valence-electron chi connectivity index (χ3n) is 1.93. The van der Waals surface area contributed by atoms with Crippen LogP contribution in [0.4, 0.5) is 8.78 Å². The zero-order valence-corrected chi connectivity index (χ0v) is 6.26. The maximum Gasteiger partial charge on any atom is 0.239 e. The molecule has 0 aromatic heterocycles. The minimum atomic E-state index is -2.24. The molecule has 2 nitrogen and oxygen atoms in total. The first-order valence-electron chi connectivity index (χ1n) is 3.85. The molecule has 1 fully saturated rings. The van der Waals surface area contributed by atoms with Gasteiger partial charge in [-0.1, -0.05) is 0 Å². The lowest BCUT2D eigenvalue weighted by Crippen LogP contribution is -2.39. The number of halogens is 2. The second-order valence-electron chi connectivity index (χ2n) is 3.04. The van der Waals surface area contributed by atoms with Crippen LogP contribution in [0.1, 0.15) is 12.8 Å². The first kappa shape index (κ1) is 8.87. The monoisotopic (exact) mass is 165 g/mol. The van der Waals surface area contributed by atoms with Crippen LogP contribution in [0, 0.1) is 5.92 Å². The molecule has 1 saturated heterocycles. The van der Waals surface area contributed by atoms with Gasteiger partial charge < -0.3 is 10.4 Å². The Bertz CT molecular complexity index is 119. The topological polar surface area (TPSA) is 32.3 Å². The fraction of sp³-hybridized carbons (Fsp3) is 1.00. The Hall–Kier alpha value is -0.220. The summed E-state index contributed by atoms with van der Waals surface area (Å²) < 4.78 is 23.7. The number of β-amino-alcohol motifs (C(OH)–C–C–N with tert-alkyl or cyclic N) is 1. The van der Waals surface area contributed by atoms with Crippen molar-refractivity contribution in [2.45, 2.75) is 25.4 Å². The van der Waals surface area contributed by atoms with Crippen LogP contribution in [0.3, 0.4) is 0 Å². The minimum Gasteiger partial charge on any atom is -0.392 e. The Morgan fingerprint density at radius 1 is 1.45 bits per heavy atom. The second-order valence-corrected chi connectivity index (χ2v) is 3.04. The molecule has 1 aliphatic rings. The average molecular weight is 165 g/mol. The molecule has 66 valence electrons. The van der Waals surface area contributed by atoms with Gasteiger partial charge in [0, 0.05) is 13.0 Å². The molecule has 0 aliphatic carbocycles. The quantitative estimate of drug-likeness (QED) is 0.628. The molecule has 11 heavy (non-hydrogen) atoms. The molecule has 2 atom stereocenters. The molecule has 1 aliphatic heterocycles. The maximum atomic E-state index is 11.8. The minimum absolute atomic E-state index is 0.0567. The largest absolute Gasteiger partial charge is 0.392 e. The van der Waals surface area contributed by atoms with E-state index in [1.165, 1.54) is 0 Å². The molecule has 0 radical (unpaired) electrons. The Balaban J connectivity index is 2.23. The highest BCUT2D eigenvalue weighted by molar-refractivity contribution is 4.75. The number of alkyl halides is 2. The van der Waals surface area contributed by atoms with Gasteiger partial charge in [0.05, 0.1) is 6.10 Å². The predicted octanol–water partition coefficient (Wildman–Crippen LogP) is 0.612. The second kappa shape index (κ2) is 3.97. The van der Waals surface area contributed by atoms with E-state index in [1.807, 2.05) is 0 Å². The molecular formula is C7H13F2NO. The normalized spacial score (nSPS) is 32.7. The van der Waals surface area contributed by atoms with Crippen molar-refractivity contribution in [3.8, 4) is 0 Å². The number of aliphatic hydroxyl groups is 1. The summed E-state index contributed by atoms with van der Waals surface area (Å²) in [6.07, 6.45) is -2.26. The summed E-state index contributed by atoms with van der Waals surface area (Å²) in [5, 5.41) is 12.0. The lowest BCUT2D eigenvalue weighted by Gasteiger charge is -2.26. The number of nitrogens with one attached hydrogen (secondary N) is 1. The number of hydrogen-bond acceptors (Lipinski definition) is 2. The van der Waals surface area contributed by atoms with E-state index < -0.39 is 12.5 Å². The summed E-state index contributed by atoms with van der Waals surface area (Å²) in [6, 6.07) is 0. The molecule has 1 unspecified atom stereocenters. The van der Waals surface area contributed by atoms with Gasteiger partial charge in [-0.15, -0.1) is 0 Å². The van der Waals surface area contributed by atoms with Crippen molar-refractivity contribution in [2.24, 2.45) is 5.92 Å². The third kappa shape index (κ3) is 3.12. The highest BCUT2D eigenvalue weighted by Gasteiger charge is 2.22. The van der Waals surface area contributed by atoms with Crippen LogP contribution >= 0.6 is 0 Å². The van der Waals surface area contributed by atoms with Gasteiger partial charge >= 0.3 is 0 Å². The smallest absolute Gasteiger partial charge is 0.239 e. The first-order chi connectivity index (χ1) is 5.18. The van der Waals surface area contributed by atoms with Gasteiger partial charge in [0.25, 0.3) is 0 Å². The molecule has 0 saturated carbocycles. The van der Waals surface area contributed by atoms with Crippen molar-refractivity contribution < 1.29 is 13.9 Å². The van der Waals surface area contributed by atoms with E-state index in [0.29, 0.717) is 19.5 Å². The Morgan fingerprint density at radius 2 is 2.18 bits per heavy atom. The zero-order chi connectivity index (χ0) is 8.27. The van der Waals surface area contributed by atoms with Gasteiger partial charge in [-0.3, -0.25) is 0 Å². The number of piperidine rings is 1. The molecule has 0 aromatic carbocycles. The highest BCUT2D eigenvalue weighted by atomic mass is 19.3. The summed E-state index contributed by atoms with van der Waals surface area (Å²) in [5.74, 6) is -0.0567. The van der Waals surface area contributed by atoms with Crippen molar-refractivity contribution in [1.82, 2.24) is 5.32 Å². The van der Waals surface area contributed by atoms with Crippen LogP contribution in [0.5, 0.6) is 0 Å². The van der Waals surface area contributed by atoms with E-state index in [1.54, 1.807) is 0 Å². The standard InChI is InChI=1S/C7H13F2NO/c8-7(9)2-5-1-6(11)4-10-3-5/h5-7,10-11H,1-4H2/t5-,6?/m0/s1. The van der Waals surface area contributed by atoms with Gasteiger partial charge in [0.15, 0.2) is 0 Å². The summed E-state index contributed by atoms with van der Waals surface area (Å²) in [5.41, 5.74) is 0. The molecule has 0 spiro atoms. The van der Waals surface area contributed by atoms with E-state index in [0.717, 1.165) is 0 Å². The summed E-state index contributed by atoms with van der Waals surface area (Å²) in [7, 11) is 0. The highest BCUT2D eigenvalue weighted by Crippen LogP contribution is 2.18. The Kier molecular flexibility index (Phi) is 3.20. The molecule has 0 aromatic rings. The van der Waals surface area contributed by atoms with E-state index in [2.05, 4.69) is 5.32 Å². The van der Waals surface area contributed by atoms with Crippen molar-refractivity contribution in [1.29, 1.82) is 0 Å². The van der Waals surface area contributed by atoms with E-state index in [-0.39, 0.29) is 12.3 Å². The fourth-order valence-electron chi connectivity index (χ4n) is 1.44. The van der Waals surface area contributed by atoms with Gasteiger partial charge in [-0.25, -0.2) is 8.78 Å². The SMILES string of the molecule is OC1CNC[C@H](CC(F)F)C1. The molecule has 1 heterocycles. The van der Waals surface area contributed by atoms with E-state index in [9.17, 15) is 8.78 Å². The van der Waals surface area contributed by atoms with Crippen LogP contribution < -0.4 is 5.32 Å². The predicted molar refractivity (Wildman–Crippen MR) is 37.6 cm³/mol. The maximum absolute atomic E-state index is 11.8. The van der Waals surface area contributed by atoms with Crippen LogP contribution in [-0.4, -0.2) is 30.7 Å². The number of hydrogen-bond donors (Lipinski definition) is 2. The number of aliphatic hydroxyl groups excluding tert-OH is 1. The van der Waals surface area contributed by atoms with Crippen molar-refractivity contribution in [3.05, 3.63) is 0 Å².